The average molecular weight is 426 g/mol. The average Bonchev–Trinajstić information content (AvgIpc) is 3.39. The van der Waals surface area contributed by atoms with E-state index in [0.717, 1.165) is 18.9 Å². The maximum absolute atomic E-state index is 13.5. The highest BCUT2D eigenvalue weighted by Crippen LogP contribution is 2.44. The lowest BCUT2D eigenvalue weighted by Crippen LogP contribution is -2.25. The van der Waals surface area contributed by atoms with Crippen LogP contribution in [-0.4, -0.2) is 36.6 Å². The molecule has 0 atom stereocenters. The highest BCUT2D eigenvalue weighted by Gasteiger charge is 2.45. The maximum Gasteiger partial charge on any atom is 0.416 e. The number of carbonyl (C=O) groups is 1. The van der Waals surface area contributed by atoms with E-state index in [0.29, 0.717) is 11.4 Å². The van der Waals surface area contributed by atoms with Crippen molar-refractivity contribution in [3.63, 3.8) is 0 Å². The summed E-state index contributed by atoms with van der Waals surface area (Å²) in [7, 11) is 1.73. The predicted octanol–water partition coefficient (Wildman–Crippen LogP) is 3.59. The summed E-state index contributed by atoms with van der Waals surface area (Å²) < 4.78 is 42.2. The van der Waals surface area contributed by atoms with Gasteiger partial charge in [0.05, 0.1) is 16.8 Å². The zero-order valence-electron chi connectivity index (χ0n) is 16.4. The largest absolute Gasteiger partial charge is 0.416 e. The second-order valence-corrected chi connectivity index (χ2v) is 7.55. The standard InChI is InChI=1S/C21H17F3N6O/c1-29-9-8-14(28-29)17-16-18(27-20(25)26-17)15(30(19(16)31)12-6-7-12)10-11-4-2-3-5-13(11)21(22,23)24/h2-5,8-10,12H,6-7H2,1H3,(H2,25,26,27)/b15-10+. The molecule has 0 saturated heterocycles. The molecule has 1 aromatic carbocycles. The maximum atomic E-state index is 13.5. The first-order chi connectivity index (χ1) is 14.7. The molecule has 0 radical (unpaired) electrons. The number of nitrogens with zero attached hydrogens (tertiary/aromatic N) is 5. The second-order valence-electron chi connectivity index (χ2n) is 7.55. The predicted molar refractivity (Wildman–Crippen MR) is 107 cm³/mol. The Morgan fingerprint density at radius 1 is 1.13 bits per heavy atom. The van der Waals surface area contributed by atoms with E-state index >= 15 is 0 Å². The molecule has 10 heteroatoms. The number of alkyl halides is 3. The minimum absolute atomic E-state index is 0.0483. The zero-order chi connectivity index (χ0) is 21.9. The molecule has 0 spiro atoms. The van der Waals surface area contributed by atoms with Gasteiger partial charge < -0.3 is 10.6 Å². The summed E-state index contributed by atoms with van der Waals surface area (Å²) in [5.41, 5.74) is 6.52. The number of fused-ring (bicyclic) bond motifs is 1. The number of halogens is 3. The van der Waals surface area contributed by atoms with E-state index in [2.05, 4.69) is 15.1 Å². The van der Waals surface area contributed by atoms with Crippen molar-refractivity contribution in [1.29, 1.82) is 0 Å². The molecule has 3 aromatic rings. The highest BCUT2D eigenvalue weighted by atomic mass is 19.4. The molecule has 1 aliphatic heterocycles. The summed E-state index contributed by atoms with van der Waals surface area (Å²) in [4.78, 5) is 23.4. The summed E-state index contributed by atoms with van der Waals surface area (Å²) in [6, 6.07) is 6.83. The topological polar surface area (TPSA) is 89.9 Å². The van der Waals surface area contributed by atoms with Crippen LogP contribution in [0.2, 0.25) is 0 Å². The first-order valence-electron chi connectivity index (χ1n) is 9.63. The number of aryl methyl sites for hydroxylation is 1. The molecule has 0 bridgehead atoms. The van der Waals surface area contributed by atoms with E-state index in [9.17, 15) is 18.0 Å². The van der Waals surface area contributed by atoms with Crippen LogP contribution in [0.3, 0.4) is 0 Å². The van der Waals surface area contributed by atoms with E-state index < -0.39 is 11.7 Å². The quantitative estimate of drug-likeness (QED) is 0.691. The van der Waals surface area contributed by atoms with Crippen molar-refractivity contribution in [3.05, 3.63) is 58.9 Å². The molecule has 0 unspecified atom stereocenters. The first-order valence-corrected chi connectivity index (χ1v) is 9.63. The molecule has 2 aromatic heterocycles. The number of hydrogen-bond acceptors (Lipinski definition) is 5. The van der Waals surface area contributed by atoms with Crippen molar-refractivity contribution in [2.45, 2.75) is 25.1 Å². The number of hydrogen-bond donors (Lipinski definition) is 1. The monoisotopic (exact) mass is 426 g/mol. The molecule has 5 rings (SSSR count). The summed E-state index contributed by atoms with van der Waals surface area (Å²) in [5, 5.41) is 4.31. The number of amides is 1. The summed E-state index contributed by atoms with van der Waals surface area (Å²) in [6.45, 7) is 0. The first kappa shape index (κ1) is 19.3. The van der Waals surface area contributed by atoms with E-state index in [1.54, 1.807) is 24.0 Å². The Morgan fingerprint density at radius 3 is 2.48 bits per heavy atom. The smallest absolute Gasteiger partial charge is 0.368 e. The minimum atomic E-state index is -4.53. The molecule has 7 nitrogen and oxygen atoms in total. The molecule has 31 heavy (non-hydrogen) atoms. The van der Waals surface area contributed by atoms with Gasteiger partial charge in [-0.1, -0.05) is 18.2 Å². The Labute approximate surface area is 175 Å². The molecular weight excluding hydrogens is 409 g/mol. The summed E-state index contributed by atoms with van der Waals surface area (Å²) in [5.74, 6) is -0.436. The minimum Gasteiger partial charge on any atom is -0.368 e. The van der Waals surface area contributed by atoms with Crippen LogP contribution in [0.25, 0.3) is 23.2 Å². The molecule has 1 fully saturated rings. The van der Waals surface area contributed by atoms with Gasteiger partial charge in [0.15, 0.2) is 0 Å². The molecule has 1 saturated carbocycles. The molecular formula is C21H17F3N6O. The van der Waals surface area contributed by atoms with Crippen molar-refractivity contribution in [2.75, 3.05) is 5.73 Å². The Hall–Kier alpha value is -3.69. The van der Waals surface area contributed by atoms with Crippen LogP contribution in [0.15, 0.2) is 36.5 Å². The number of carbonyl (C=O) groups excluding carboxylic acids is 1. The molecule has 1 amide bonds. The number of nitrogen functional groups attached to an aromatic ring is 1. The molecule has 2 aliphatic rings. The van der Waals surface area contributed by atoms with E-state index in [-0.39, 0.29) is 40.4 Å². The van der Waals surface area contributed by atoms with Crippen LogP contribution >= 0.6 is 0 Å². The van der Waals surface area contributed by atoms with Crippen LogP contribution in [0.1, 0.15) is 40.0 Å². The van der Waals surface area contributed by atoms with Crippen molar-refractivity contribution in [2.24, 2.45) is 7.05 Å². The van der Waals surface area contributed by atoms with Gasteiger partial charge in [-0.3, -0.25) is 9.48 Å². The van der Waals surface area contributed by atoms with Crippen LogP contribution in [0, 0.1) is 0 Å². The van der Waals surface area contributed by atoms with Gasteiger partial charge in [0, 0.05) is 19.3 Å². The van der Waals surface area contributed by atoms with E-state index in [1.165, 1.54) is 29.2 Å². The van der Waals surface area contributed by atoms with E-state index in [1.807, 2.05) is 0 Å². The van der Waals surface area contributed by atoms with Gasteiger partial charge in [-0.15, -0.1) is 0 Å². The lowest BCUT2D eigenvalue weighted by atomic mass is 10.0. The molecule has 1 aliphatic carbocycles. The number of rotatable bonds is 3. The van der Waals surface area contributed by atoms with Gasteiger partial charge in [0.25, 0.3) is 5.91 Å². The van der Waals surface area contributed by atoms with Gasteiger partial charge in [0.2, 0.25) is 5.95 Å². The number of nitrogens with two attached hydrogens (primary N) is 1. The van der Waals surface area contributed by atoms with Crippen LogP contribution in [0.4, 0.5) is 19.1 Å². The number of benzene rings is 1. The van der Waals surface area contributed by atoms with Crippen molar-refractivity contribution in [1.82, 2.24) is 24.6 Å². The summed E-state index contributed by atoms with van der Waals surface area (Å²) in [6.07, 6.45) is 0.0565. The van der Waals surface area contributed by atoms with Crippen molar-refractivity contribution in [3.8, 4) is 11.4 Å². The van der Waals surface area contributed by atoms with Crippen LogP contribution < -0.4 is 5.73 Å². The lowest BCUT2D eigenvalue weighted by molar-refractivity contribution is -0.137. The van der Waals surface area contributed by atoms with E-state index in [4.69, 9.17) is 5.73 Å². The second kappa shape index (κ2) is 6.66. The molecule has 2 N–H and O–H groups in total. The van der Waals surface area contributed by atoms with Crippen LogP contribution in [-0.2, 0) is 13.2 Å². The van der Waals surface area contributed by atoms with Crippen molar-refractivity contribution < 1.29 is 18.0 Å². The third kappa shape index (κ3) is 3.24. The zero-order valence-corrected chi connectivity index (χ0v) is 16.4. The van der Waals surface area contributed by atoms with Crippen molar-refractivity contribution >= 4 is 23.6 Å². The lowest BCUT2D eigenvalue weighted by Gasteiger charge is -2.18. The van der Waals surface area contributed by atoms with Gasteiger partial charge in [-0.05, 0) is 36.6 Å². The third-order valence-electron chi connectivity index (χ3n) is 5.29. The Bertz CT molecular complexity index is 1240. The SMILES string of the molecule is Cn1ccc(-c2nc(N)nc3c2C(=O)N(C2CC2)/C3=C/c2ccccc2C(F)(F)F)n1. The Morgan fingerprint density at radius 2 is 1.84 bits per heavy atom. The molecule has 3 heterocycles. The fourth-order valence-corrected chi connectivity index (χ4v) is 3.80. The number of aromatic nitrogens is 4. The highest BCUT2D eigenvalue weighted by molar-refractivity contribution is 6.14. The Balaban J connectivity index is 1.75. The van der Waals surface area contributed by atoms with Gasteiger partial charge in [-0.25, -0.2) is 9.97 Å². The third-order valence-corrected chi connectivity index (χ3v) is 5.29. The van der Waals surface area contributed by atoms with Crippen LogP contribution in [0.5, 0.6) is 0 Å². The Kier molecular flexibility index (Phi) is 4.14. The fourth-order valence-electron chi connectivity index (χ4n) is 3.80. The molecule has 158 valence electrons. The normalized spacial score (nSPS) is 17.5. The number of anilines is 1. The van der Waals surface area contributed by atoms with Gasteiger partial charge in [-0.2, -0.15) is 18.3 Å². The fraction of sp³-hybridized carbons (Fsp3) is 0.238. The summed E-state index contributed by atoms with van der Waals surface area (Å²) >= 11 is 0. The van der Waals surface area contributed by atoms with Gasteiger partial charge in [0.1, 0.15) is 17.1 Å². The van der Waals surface area contributed by atoms with Gasteiger partial charge >= 0.3 is 6.18 Å².